The maximum Gasteiger partial charge on any atom is 0.230 e. The number of aromatic nitrogens is 1. The van der Waals surface area contributed by atoms with Crippen LogP contribution in [0.5, 0.6) is 0 Å². The van der Waals surface area contributed by atoms with Crippen LogP contribution in [0.25, 0.3) is 6.08 Å². The summed E-state index contributed by atoms with van der Waals surface area (Å²) in [5.74, 6) is -0.833. The van der Waals surface area contributed by atoms with Gasteiger partial charge in [0.15, 0.2) is 10.9 Å². The number of hydrogen-bond donors (Lipinski definition) is 0. The molecule has 1 aliphatic carbocycles. The minimum absolute atomic E-state index is 0.00215. The zero-order chi connectivity index (χ0) is 19.0. The average Bonchev–Trinajstić information content (AvgIpc) is 3.22. The van der Waals surface area contributed by atoms with Gasteiger partial charge >= 0.3 is 0 Å². The van der Waals surface area contributed by atoms with Gasteiger partial charge in [0.1, 0.15) is 5.82 Å². The molecule has 0 saturated carbocycles. The van der Waals surface area contributed by atoms with Crippen LogP contribution in [0.3, 0.4) is 0 Å². The topological polar surface area (TPSA) is 50.3 Å². The Morgan fingerprint density at radius 2 is 1.93 bits per heavy atom. The van der Waals surface area contributed by atoms with Crippen LogP contribution < -0.4 is 4.90 Å². The second kappa shape index (κ2) is 6.89. The van der Waals surface area contributed by atoms with Crippen molar-refractivity contribution in [1.29, 1.82) is 0 Å². The Kier molecular flexibility index (Phi) is 4.41. The van der Waals surface area contributed by atoms with Crippen molar-refractivity contribution in [3.05, 3.63) is 82.1 Å². The summed E-state index contributed by atoms with van der Waals surface area (Å²) in [5, 5.41) is 2.12. The third kappa shape index (κ3) is 3.19. The summed E-state index contributed by atoms with van der Waals surface area (Å²) in [4.78, 5) is 30.3. The fourth-order valence-electron chi connectivity index (χ4n) is 3.14. The Bertz CT molecular complexity index is 1090. The van der Waals surface area contributed by atoms with Crippen molar-refractivity contribution in [2.24, 2.45) is 0 Å². The Morgan fingerprint density at radius 1 is 1.19 bits per heavy atom. The van der Waals surface area contributed by atoms with Gasteiger partial charge < -0.3 is 0 Å². The largest absolute Gasteiger partial charge is 0.289 e. The van der Waals surface area contributed by atoms with E-state index in [1.807, 2.05) is 24.3 Å². The first-order valence-electron chi connectivity index (χ1n) is 8.38. The predicted molar refractivity (Wildman–Crippen MR) is 104 cm³/mol. The summed E-state index contributed by atoms with van der Waals surface area (Å²) in [6.07, 6.45) is 2.30. The van der Waals surface area contributed by atoms with Gasteiger partial charge in [0.2, 0.25) is 5.91 Å². The Balaban J connectivity index is 1.67. The molecule has 0 fully saturated rings. The number of benzene rings is 2. The van der Waals surface area contributed by atoms with Crippen molar-refractivity contribution in [3.63, 3.8) is 0 Å². The van der Waals surface area contributed by atoms with Gasteiger partial charge in [-0.1, -0.05) is 36.4 Å². The van der Waals surface area contributed by atoms with Gasteiger partial charge in [-0.05, 0) is 23.8 Å². The zero-order valence-corrected chi connectivity index (χ0v) is 15.3. The fraction of sp³-hybridized carbons (Fsp3) is 0.0952. The van der Waals surface area contributed by atoms with Gasteiger partial charge in [-0.25, -0.2) is 9.37 Å². The molecule has 1 aromatic heterocycles. The number of ketones is 1. The van der Waals surface area contributed by atoms with Gasteiger partial charge in [-0.2, -0.15) is 0 Å². The Labute approximate surface area is 159 Å². The second-order valence-electron chi connectivity index (χ2n) is 6.19. The van der Waals surface area contributed by atoms with E-state index in [1.54, 1.807) is 23.6 Å². The molecule has 0 unspecified atom stereocenters. The number of carbonyl (C=O) groups excluding carboxylic acids is 2. The smallest absolute Gasteiger partial charge is 0.230 e. The highest BCUT2D eigenvalue weighted by atomic mass is 32.1. The highest BCUT2D eigenvalue weighted by Crippen LogP contribution is 2.32. The third-order valence-electron chi connectivity index (χ3n) is 4.37. The molecule has 0 aliphatic heterocycles. The summed E-state index contributed by atoms with van der Waals surface area (Å²) in [7, 11) is 0. The predicted octanol–water partition coefficient (Wildman–Crippen LogP) is 4.79. The number of fused-ring (bicyclic) bond motifs is 1. The fourth-order valence-corrected chi connectivity index (χ4v) is 3.97. The van der Waals surface area contributed by atoms with Gasteiger partial charge in [-0.3, -0.25) is 14.5 Å². The molecular weight excluding hydrogens is 363 g/mol. The lowest BCUT2D eigenvalue weighted by molar-refractivity contribution is -0.115. The van der Waals surface area contributed by atoms with Crippen LogP contribution in [0.2, 0.25) is 0 Å². The number of halogens is 1. The van der Waals surface area contributed by atoms with Crippen LogP contribution in [0.1, 0.15) is 28.5 Å². The molecule has 6 heteroatoms. The number of amides is 1. The van der Waals surface area contributed by atoms with Crippen molar-refractivity contribution in [2.75, 3.05) is 4.90 Å². The highest BCUT2D eigenvalue weighted by molar-refractivity contribution is 7.14. The molecule has 4 rings (SSSR count). The van der Waals surface area contributed by atoms with E-state index in [0.717, 1.165) is 11.1 Å². The van der Waals surface area contributed by atoms with E-state index >= 15 is 0 Å². The van der Waals surface area contributed by atoms with Gasteiger partial charge in [0, 0.05) is 29.9 Å². The Morgan fingerprint density at radius 3 is 2.67 bits per heavy atom. The van der Waals surface area contributed by atoms with E-state index in [-0.39, 0.29) is 17.4 Å². The molecule has 4 nitrogen and oxygen atoms in total. The first kappa shape index (κ1) is 17.3. The third-order valence-corrected chi connectivity index (χ3v) is 5.21. The zero-order valence-electron chi connectivity index (χ0n) is 14.5. The minimum atomic E-state index is -0.496. The van der Waals surface area contributed by atoms with Crippen LogP contribution in [0, 0.1) is 5.82 Å². The van der Waals surface area contributed by atoms with Crippen molar-refractivity contribution in [3.8, 4) is 0 Å². The van der Waals surface area contributed by atoms with E-state index in [2.05, 4.69) is 4.98 Å². The van der Waals surface area contributed by atoms with E-state index in [4.69, 9.17) is 0 Å². The minimum Gasteiger partial charge on any atom is -0.289 e. The van der Waals surface area contributed by atoms with Crippen LogP contribution in [-0.2, 0) is 11.2 Å². The molecular formula is C21H15FN2O2S. The molecule has 1 aliphatic rings. The second-order valence-corrected chi connectivity index (χ2v) is 7.03. The van der Waals surface area contributed by atoms with Crippen molar-refractivity contribution >= 4 is 39.9 Å². The lowest BCUT2D eigenvalue weighted by atomic mass is 10.1. The number of carbonyl (C=O) groups is 2. The van der Waals surface area contributed by atoms with E-state index < -0.39 is 5.82 Å². The Hall–Kier alpha value is -3.12. The lowest BCUT2D eigenvalue weighted by Gasteiger charge is -2.18. The lowest BCUT2D eigenvalue weighted by Crippen LogP contribution is -2.23. The number of para-hydroxylation sites is 1. The molecule has 2 aromatic carbocycles. The van der Waals surface area contributed by atoms with Gasteiger partial charge in [0.05, 0.1) is 11.4 Å². The molecule has 0 atom stereocenters. The number of rotatable bonds is 3. The average molecular weight is 378 g/mol. The van der Waals surface area contributed by atoms with Crippen LogP contribution in [0.15, 0.2) is 59.5 Å². The monoisotopic (exact) mass is 378 g/mol. The molecule has 0 N–H and O–H groups in total. The molecule has 0 bridgehead atoms. The number of thiazole rings is 1. The SMILES string of the molecule is CC(=O)N(c1nc(/C=C2\Cc3ccccc3C2=O)cs1)c1ccccc1F. The number of anilines is 2. The normalized spacial score (nSPS) is 14.4. The van der Waals surface area contributed by atoms with E-state index in [9.17, 15) is 14.0 Å². The highest BCUT2D eigenvalue weighted by Gasteiger charge is 2.25. The summed E-state index contributed by atoms with van der Waals surface area (Å²) in [6.45, 7) is 1.36. The summed E-state index contributed by atoms with van der Waals surface area (Å²) in [6, 6.07) is 13.6. The number of Topliss-reactive ketones (excluding diaryl/α,β-unsaturated/α-hetero) is 1. The first-order valence-corrected chi connectivity index (χ1v) is 9.26. The number of hydrogen-bond acceptors (Lipinski definition) is 4. The molecule has 1 heterocycles. The van der Waals surface area contributed by atoms with Gasteiger partial charge in [0.25, 0.3) is 0 Å². The summed E-state index contributed by atoms with van der Waals surface area (Å²) in [5.41, 5.74) is 3.11. The van der Waals surface area contributed by atoms with Crippen molar-refractivity contribution < 1.29 is 14.0 Å². The van der Waals surface area contributed by atoms with E-state index in [1.165, 1.54) is 35.3 Å². The summed E-state index contributed by atoms with van der Waals surface area (Å²) >= 11 is 1.23. The van der Waals surface area contributed by atoms with E-state index in [0.29, 0.717) is 22.8 Å². The standard InChI is InChI=1S/C21H15FN2O2S/c1-13(25)24(19-9-5-4-8-18(19)22)21-23-16(12-27-21)11-15-10-14-6-2-3-7-17(14)20(15)26/h2-9,11-12H,10H2,1H3/b15-11+. The van der Waals surface area contributed by atoms with Crippen molar-refractivity contribution in [1.82, 2.24) is 4.98 Å². The van der Waals surface area contributed by atoms with Crippen molar-refractivity contribution in [2.45, 2.75) is 13.3 Å². The maximum absolute atomic E-state index is 14.1. The quantitative estimate of drug-likeness (QED) is 0.616. The first-order chi connectivity index (χ1) is 13.0. The maximum atomic E-state index is 14.1. The molecule has 3 aromatic rings. The molecule has 27 heavy (non-hydrogen) atoms. The summed E-state index contributed by atoms with van der Waals surface area (Å²) < 4.78 is 14.1. The van der Waals surface area contributed by atoms with Crippen LogP contribution >= 0.6 is 11.3 Å². The molecule has 134 valence electrons. The van der Waals surface area contributed by atoms with Crippen LogP contribution in [0.4, 0.5) is 15.2 Å². The molecule has 0 spiro atoms. The number of nitrogens with zero attached hydrogens (tertiary/aromatic N) is 2. The molecule has 0 saturated heterocycles. The number of allylic oxidation sites excluding steroid dienone is 1. The molecule has 0 radical (unpaired) electrons. The van der Waals surface area contributed by atoms with Crippen LogP contribution in [-0.4, -0.2) is 16.7 Å². The molecule has 1 amide bonds. The van der Waals surface area contributed by atoms with Gasteiger partial charge in [-0.15, -0.1) is 11.3 Å².